The average Bonchev–Trinajstić information content (AvgIpc) is 2.77. The molecule has 0 aromatic heterocycles. The predicted molar refractivity (Wildman–Crippen MR) is 109 cm³/mol. The van der Waals surface area contributed by atoms with E-state index >= 15 is 0 Å². The minimum absolute atomic E-state index is 0.0222. The number of carbonyl (C=O) groups excluding carboxylic acids is 2. The number of amides is 2. The van der Waals surface area contributed by atoms with Crippen LogP contribution < -0.4 is 15.8 Å². The monoisotopic (exact) mass is 451 g/mol. The van der Waals surface area contributed by atoms with Crippen molar-refractivity contribution in [3.63, 3.8) is 0 Å². The molecular formula is C20H20F3N5O4. The molecule has 2 N–H and O–H groups in total. The minimum Gasteiger partial charge on any atom is -0.369 e. The van der Waals surface area contributed by atoms with Gasteiger partial charge in [0.25, 0.3) is 17.5 Å². The number of halogens is 3. The van der Waals surface area contributed by atoms with E-state index in [9.17, 15) is 32.9 Å². The van der Waals surface area contributed by atoms with Crippen LogP contribution in [0.3, 0.4) is 0 Å². The number of piperazine rings is 1. The lowest BCUT2D eigenvalue weighted by atomic mass is 10.1. The minimum atomic E-state index is -4.41. The Balaban J connectivity index is 1.46. The maximum absolute atomic E-state index is 12.9. The van der Waals surface area contributed by atoms with Crippen molar-refractivity contribution in [3.8, 4) is 0 Å². The van der Waals surface area contributed by atoms with Crippen LogP contribution in [0.5, 0.6) is 0 Å². The third kappa shape index (κ3) is 5.94. The molecular weight excluding hydrogens is 431 g/mol. The van der Waals surface area contributed by atoms with Crippen molar-refractivity contribution in [3.05, 3.63) is 69.8 Å². The molecule has 0 bridgehead atoms. The fourth-order valence-corrected chi connectivity index (χ4v) is 3.25. The zero-order valence-corrected chi connectivity index (χ0v) is 16.8. The molecule has 1 heterocycles. The van der Waals surface area contributed by atoms with Crippen LogP contribution >= 0.6 is 0 Å². The highest BCUT2D eigenvalue weighted by Crippen LogP contribution is 2.31. The molecule has 1 aliphatic rings. The number of nitrogens with one attached hydrogen (secondary N) is 2. The molecule has 2 aromatic rings. The molecule has 0 unspecified atom stereocenters. The van der Waals surface area contributed by atoms with Crippen molar-refractivity contribution in [1.29, 1.82) is 0 Å². The highest BCUT2D eigenvalue weighted by molar-refractivity contribution is 5.96. The Morgan fingerprint density at radius 3 is 2.34 bits per heavy atom. The molecule has 0 saturated carbocycles. The number of nitro groups is 1. The van der Waals surface area contributed by atoms with Crippen LogP contribution in [0.4, 0.5) is 24.5 Å². The Labute approximate surface area is 180 Å². The summed E-state index contributed by atoms with van der Waals surface area (Å²) in [6, 6.07) is 10.2. The molecule has 0 atom stereocenters. The van der Waals surface area contributed by atoms with Crippen molar-refractivity contribution in [2.45, 2.75) is 6.18 Å². The summed E-state index contributed by atoms with van der Waals surface area (Å²) < 4.78 is 38.7. The molecule has 1 aliphatic heterocycles. The van der Waals surface area contributed by atoms with E-state index in [0.717, 1.165) is 18.2 Å². The number of anilines is 1. The van der Waals surface area contributed by atoms with Gasteiger partial charge in [0, 0.05) is 49.6 Å². The third-order valence-electron chi connectivity index (χ3n) is 4.91. The van der Waals surface area contributed by atoms with E-state index in [2.05, 4.69) is 10.9 Å². The Morgan fingerprint density at radius 2 is 1.69 bits per heavy atom. The summed E-state index contributed by atoms with van der Waals surface area (Å²) in [5.74, 6) is -1.19. The summed E-state index contributed by atoms with van der Waals surface area (Å²) in [5, 5.41) is 10.8. The van der Waals surface area contributed by atoms with Crippen LogP contribution in [0.15, 0.2) is 48.5 Å². The van der Waals surface area contributed by atoms with E-state index in [0.29, 0.717) is 31.9 Å². The van der Waals surface area contributed by atoms with Crippen LogP contribution in [0.2, 0.25) is 0 Å². The summed E-state index contributed by atoms with van der Waals surface area (Å²) in [7, 11) is 0. The van der Waals surface area contributed by atoms with Gasteiger partial charge in [-0.25, -0.2) is 0 Å². The summed E-state index contributed by atoms with van der Waals surface area (Å²) in [4.78, 5) is 37.9. The zero-order chi connectivity index (χ0) is 23.3. The Hall–Kier alpha value is -3.67. The lowest BCUT2D eigenvalue weighted by Crippen LogP contribution is -2.52. The van der Waals surface area contributed by atoms with Gasteiger partial charge in [-0.3, -0.25) is 35.5 Å². The zero-order valence-electron chi connectivity index (χ0n) is 16.8. The lowest BCUT2D eigenvalue weighted by Gasteiger charge is -2.35. The molecule has 2 aromatic carbocycles. The van der Waals surface area contributed by atoms with Crippen LogP contribution in [0, 0.1) is 10.1 Å². The molecule has 12 heteroatoms. The molecule has 9 nitrogen and oxygen atoms in total. The van der Waals surface area contributed by atoms with Gasteiger partial charge < -0.3 is 4.90 Å². The number of nitro benzene ring substituents is 1. The number of rotatable bonds is 5. The summed E-state index contributed by atoms with van der Waals surface area (Å²) >= 11 is 0. The van der Waals surface area contributed by atoms with E-state index in [1.54, 1.807) is 11.0 Å². The number of non-ortho nitro benzene ring substituents is 1. The van der Waals surface area contributed by atoms with Crippen LogP contribution in [0.25, 0.3) is 0 Å². The Bertz CT molecular complexity index is 1010. The van der Waals surface area contributed by atoms with Gasteiger partial charge in [0.15, 0.2) is 0 Å². The molecule has 170 valence electrons. The summed E-state index contributed by atoms with van der Waals surface area (Å²) in [6.45, 7) is 1.75. The first-order valence-corrected chi connectivity index (χ1v) is 9.61. The fraction of sp³-hybridized carbons (Fsp3) is 0.300. The number of nitrogens with zero attached hydrogens (tertiary/aromatic N) is 3. The van der Waals surface area contributed by atoms with Gasteiger partial charge in [0.1, 0.15) is 0 Å². The van der Waals surface area contributed by atoms with Gasteiger partial charge in [-0.15, -0.1) is 0 Å². The molecule has 2 amide bonds. The number of benzene rings is 2. The third-order valence-corrected chi connectivity index (χ3v) is 4.91. The van der Waals surface area contributed by atoms with Crippen molar-refractivity contribution in [1.82, 2.24) is 15.8 Å². The highest BCUT2D eigenvalue weighted by atomic mass is 19.4. The Morgan fingerprint density at radius 1 is 1.00 bits per heavy atom. The standard InChI is InChI=1S/C20H20F3N5O4/c21-20(22,23)15-4-2-5-16(12-15)27-9-7-26(8-10-27)13-18(29)24-25-19(30)14-3-1-6-17(11-14)28(31)32/h1-6,11-12H,7-10,13H2,(H,24,29)(H,25,30). The van der Waals surface area contributed by atoms with Crippen LogP contribution in [-0.4, -0.2) is 54.4 Å². The van der Waals surface area contributed by atoms with E-state index < -0.39 is 28.5 Å². The van der Waals surface area contributed by atoms with Crippen molar-refractivity contribution in [2.75, 3.05) is 37.6 Å². The van der Waals surface area contributed by atoms with E-state index in [4.69, 9.17) is 0 Å². The second kappa shape index (κ2) is 9.64. The van der Waals surface area contributed by atoms with Crippen LogP contribution in [0.1, 0.15) is 15.9 Å². The van der Waals surface area contributed by atoms with E-state index in [1.807, 2.05) is 4.90 Å². The first-order valence-electron chi connectivity index (χ1n) is 9.61. The number of carbonyl (C=O) groups is 2. The average molecular weight is 451 g/mol. The quantitative estimate of drug-likeness (QED) is 0.533. The number of hydrogen-bond donors (Lipinski definition) is 2. The van der Waals surface area contributed by atoms with Crippen molar-refractivity contribution in [2.24, 2.45) is 0 Å². The van der Waals surface area contributed by atoms with Crippen molar-refractivity contribution >= 4 is 23.2 Å². The SMILES string of the molecule is O=C(CN1CCN(c2cccc(C(F)(F)F)c2)CC1)NNC(=O)c1cccc([N+](=O)[O-])c1. The predicted octanol–water partition coefficient (Wildman–Crippen LogP) is 2.20. The van der Waals surface area contributed by atoms with Crippen molar-refractivity contribution < 1.29 is 27.7 Å². The normalized spacial score (nSPS) is 14.7. The number of hydrazine groups is 1. The largest absolute Gasteiger partial charge is 0.416 e. The molecule has 1 saturated heterocycles. The van der Waals surface area contributed by atoms with Gasteiger partial charge in [-0.2, -0.15) is 13.2 Å². The summed E-state index contributed by atoms with van der Waals surface area (Å²) in [6.07, 6.45) is -4.41. The highest BCUT2D eigenvalue weighted by Gasteiger charge is 2.31. The summed E-state index contributed by atoms with van der Waals surface area (Å²) in [5.41, 5.74) is 3.99. The molecule has 0 aliphatic carbocycles. The molecule has 0 radical (unpaired) electrons. The smallest absolute Gasteiger partial charge is 0.369 e. The maximum Gasteiger partial charge on any atom is 0.416 e. The fourth-order valence-electron chi connectivity index (χ4n) is 3.25. The maximum atomic E-state index is 12.9. The Kier molecular flexibility index (Phi) is 6.93. The lowest BCUT2D eigenvalue weighted by molar-refractivity contribution is -0.384. The second-order valence-corrected chi connectivity index (χ2v) is 7.12. The van der Waals surface area contributed by atoms with Crippen LogP contribution in [-0.2, 0) is 11.0 Å². The molecule has 0 spiro atoms. The van der Waals surface area contributed by atoms with E-state index in [1.165, 1.54) is 24.3 Å². The second-order valence-electron chi connectivity index (χ2n) is 7.12. The van der Waals surface area contributed by atoms with Gasteiger partial charge in [-0.05, 0) is 24.3 Å². The van der Waals surface area contributed by atoms with Gasteiger partial charge >= 0.3 is 6.18 Å². The molecule has 32 heavy (non-hydrogen) atoms. The topological polar surface area (TPSA) is 108 Å². The first kappa shape index (κ1) is 23.0. The number of alkyl halides is 3. The van der Waals surface area contributed by atoms with Gasteiger partial charge in [-0.1, -0.05) is 12.1 Å². The number of hydrogen-bond acceptors (Lipinski definition) is 6. The molecule has 3 rings (SSSR count). The first-order chi connectivity index (χ1) is 15.1. The molecule has 1 fully saturated rings. The van der Waals surface area contributed by atoms with E-state index in [-0.39, 0.29) is 17.8 Å². The van der Waals surface area contributed by atoms with Gasteiger partial charge in [0.2, 0.25) is 0 Å². The van der Waals surface area contributed by atoms with Gasteiger partial charge in [0.05, 0.1) is 17.0 Å².